The molecule has 2 rings (SSSR count). The maximum atomic E-state index is 12.3. The summed E-state index contributed by atoms with van der Waals surface area (Å²) >= 11 is 0. The molecule has 0 saturated heterocycles. The monoisotopic (exact) mass is 332 g/mol. The molecule has 0 aliphatic rings. The highest BCUT2D eigenvalue weighted by molar-refractivity contribution is 5.91. The van der Waals surface area contributed by atoms with Crippen molar-refractivity contribution in [1.82, 2.24) is 19.7 Å². The predicted octanol–water partition coefficient (Wildman–Crippen LogP) is 0.468. The summed E-state index contributed by atoms with van der Waals surface area (Å²) < 4.78 is 6.95. The lowest BCUT2D eigenvalue weighted by Gasteiger charge is -2.12. The van der Waals surface area contributed by atoms with E-state index in [1.165, 1.54) is 14.2 Å². The SMILES string of the molecule is CCC(C)NC(=O)c1nn(-c2ccc(OC)cc2)c(=O)n(C)c1=O. The van der Waals surface area contributed by atoms with Crippen LogP contribution in [0, 0.1) is 0 Å². The topological polar surface area (TPSA) is 95.2 Å². The summed E-state index contributed by atoms with van der Waals surface area (Å²) in [6.45, 7) is 3.73. The van der Waals surface area contributed by atoms with Gasteiger partial charge in [0.15, 0.2) is 0 Å². The van der Waals surface area contributed by atoms with Crippen LogP contribution in [-0.4, -0.2) is 33.4 Å². The van der Waals surface area contributed by atoms with Crippen molar-refractivity contribution in [3.05, 3.63) is 50.8 Å². The van der Waals surface area contributed by atoms with Crippen LogP contribution in [0.25, 0.3) is 5.69 Å². The Bertz CT molecular complexity index is 852. The molecule has 24 heavy (non-hydrogen) atoms. The first kappa shape index (κ1) is 17.5. The van der Waals surface area contributed by atoms with E-state index in [-0.39, 0.29) is 11.7 Å². The van der Waals surface area contributed by atoms with Crippen LogP contribution < -0.4 is 21.3 Å². The van der Waals surface area contributed by atoms with Gasteiger partial charge in [0.05, 0.1) is 12.8 Å². The van der Waals surface area contributed by atoms with E-state index in [9.17, 15) is 14.4 Å². The van der Waals surface area contributed by atoms with Crippen LogP contribution in [0.1, 0.15) is 30.8 Å². The van der Waals surface area contributed by atoms with Gasteiger partial charge < -0.3 is 10.1 Å². The second kappa shape index (κ2) is 7.12. The lowest BCUT2D eigenvalue weighted by atomic mass is 10.2. The van der Waals surface area contributed by atoms with Crippen molar-refractivity contribution >= 4 is 5.91 Å². The molecular formula is C16H20N4O4. The average molecular weight is 332 g/mol. The van der Waals surface area contributed by atoms with Gasteiger partial charge in [-0.2, -0.15) is 9.78 Å². The fraction of sp³-hybridized carbons (Fsp3) is 0.375. The largest absolute Gasteiger partial charge is 0.497 e. The molecule has 1 N–H and O–H groups in total. The third-order valence-electron chi connectivity index (χ3n) is 3.70. The highest BCUT2D eigenvalue weighted by Gasteiger charge is 2.19. The summed E-state index contributed by atoms with van der Waals surface area (Å²) in [6.07, 6.45) is 0.712. The van der Waals surface area contributed by atoms with E-state index in [2.05, 4.69) is 10.4 Å². The first-order valence-electron chi connectivity index (χ1n) is 7.54. The fourth-order valence-corrected chi connectivity index (χ4v) is 2.00. The van der Waals surface area contributed by atoms with Crippen molar-refractivity contribution in [1.29, 1.82) is 0 Å². The van der Waals surface area contributed by atoms with Crippen molar-refractivity contribution in [2.24, 2.45) is 7.05 Å². The van der Waals surface area contributed by atoms with Gasteiger partial charge in [-0.3, -0.25) is 14.2 Å². The maximum Gasteiger partial charge on any atom is 0.351 e. The van der Waals surface area contributed by atoms with Crippen LogP contribution in [0.5, 0.6) is 5.75 Å². The molecule has 128 valence electrons. The third-order valence-corrected chi connectivity index (χ3v) is 3.70. The lowest BCUT2D eigenvalue weighted by molar-refractivity contribution is 0.0929. The molecule has 0 aliphatic carbocycles. The molecule has 1 atom stereocenters. The molecule has 0 radical (unpaired) electrons. The number of ether oxygens (including phenoxy) is 1. The first-order valence-corrected chi connectivity index (χ1v) is 7.54. The second-order valence-electron chi connectivity index (χ2n) is 5.39. The van der Waals surface area contributed by atoms with E-state index in [4.69, 9.17) is 4.74 Å². The van der Waals surface area contributed by atoms with Crippen molar-refractivity contribution in [3.63, 3.8) is 0 Å². The zero-order chi connectivity index (χ0) is 17.9. The van der Waals surface area contributed by atoms with E-state index >= 15 is 0 Å². The molecule has 0 spiro atoms. The Balaban J connectivity index is 2.55. The number of hydrogen-bond donors (Lipinski definition) is 1. The van der Waals surface area contributed by atoms with E-state index in [1.54, 1.807) is 24.3 Å². The third kappa shape index (κ3) is 3.37. The van der Waals surface area contributed by atoms with E-state index in [1.807, 2.05) is 13.8 Å². The normalized spacial score (nSPS) is 11.8. The molecule has 1 unspecified atom stereocenters. The number of aromatic nitrogens is 3. The lowest BCUT2D eigenvalue weighted by Crippen LogP contribution is -2.45. The van der Waals surface area contributed by atoms with Crippen LogP contribution in [0.15, 0.2) is 33.9 Å². The molecule has 0 bridgehead atoms. The molecule has 1 aromatic heterocycles. The van der Waals surface area contributed by atoms with E-state index in [0.717, 1.165) is 9.25 Å². The summed E-state index contributed by atoms with van der Waals surface area (Å²) in [5.41, 5.74) is -1.27. The minimum absolute atomic E-state index is 0.106. The van der Waals surface area contributed by atoms with Crippen LogP contribution >= 0.6 is 0 Å². The summed E-state index contributed by atoms with van der Waals surface area (Å²) in [5, 5.41) is 6.64. The molecule has 0 saturated carbocycles. The quantitative estimate of drug-likeness (QED) is 0.859. The molecule has 8 nitrogen and oxygen atoms in total. The molecular weight excluding hydrogens is 312 g/mol. The van der Waals surface area contributed by atoms with Gasteiger partial charge >= 0.3 is 5.69 Å². The number of nitrogens with one attached hydrogen (secondary N) is 1. The van der Waals surface area contributed by atoms with Gasteiger partial charge in [0.25, 0.3) is 11.5 Å². The minimum Gasteiger partial charge on any atom is -0.497 e. The van der Waals surface area contributed by atoms with Gasteiger partial charge in [0.1, 0.15) is 5.75 Å². The highest BCUT2D eigenvalue weighted by atomic mass is 16.5. The number of hydrogen-bond acceptors (Lipinski definition) is 5. The minimum atomic E-state index is -0.731. The van der Waals surface area contributed by atoms with Gasteiger partial charge in [-0.15, -0.1) is 0 Å². The first-order chi connectivity index (χ1) is 11.4. The van der Waals surface area contributed by atoms with Gasteiger partial charge in [0, 0.05) is 13.1 Å². The van der Waals surface area contributed by atoms with Crippen LogP contribution in [-0.2, 0) is 7.05 Å². The Morgan fingerprint density at radius 1 is 1.29 bits per heavy atom. The Hall–Kier alpha value is -2.90. The van der Waals surface area contributed by atoms with Gasteiger partial charge in [0.2, 0.25) is 5.69 Å². The zero-order valence-electron chi connectivity index (χ0n) is 14.1. The number of methoxy groups -OCH3 is 1. The van der Waals surface area contributed by atoms with Crippen molar-refractivity contribution in [2.45, 2.75) is 26.3 Å². The Morgan fingerprint density at radius 3 is 2.46 bits per heavy atom. The fourth-order valence-electron chi connectivity index (χ4n) is 2.00. The average Bonchev–Trinajstić information content (AvgIpc) is 2.59. The predicted molar refractivity (Wildman–Crippen MR) is 88.8 cm³/mol. The Morgan fingerprint density at radius 2 is 1.92 bits per heavy atom. The van der Waals surface area contributed by atoms with Crippen LogP contribution in [0.3, 0.4) is 0 Å². The molecule has 0 fully saturated rings. The van der Waals surface area contributed by atoms with Gasteiger partial charge in [-0.1, -0.05) is 6.92 Å². The van der Waals surface area contributed by atoms with Crippen molar-refractivity contribution in [3.8, 4) is 11.4 Å². The zero-order valence-corrected chi connectivity index (χ0v) is 14.1. The van der Waals surface area contributed by atoms with Crippen LogP contribution in [0.2, 0.25) is 0 Å². The number of nitrogens with zero attached hydrogens (tertiary/aromatic N) is 3. The number of rotatable bonds is 5. The molecule has 1 amide bonds. The molecule has 2 aromatic rings. The number of carbonyl (C=O) groups excluding carboxylic acids is 1. The molecule has 1 aromatic carbocycles. The molecule has 1 heterocycles. The maximum absolute atomic E-state index is 12.3. The number of amides is 1. The van der Waals surface area contributed by atoms with Crippen LogP contribution in [0.4, 0.5) is 0 Å². The second-order valence-corrected chi connectivity index (χ2v) is 5.39. The number of benzene rings is 1. The molecule has 8 heteroatoms. The van der Waals surface area contributed by atoms with Gasteiger partial charge in [-0.25, -0.2) is 4.79 Å². The van der Waals surface area contributed by atoms with E-state index < -0.39 is 17.2 Å². The standard InChI is InChI=1S/C16H20N4O4/c1-5-10(2)17-14(21)13-15(22)19(3)16(23)20(18-13)11-6-8-12(24-4)9-7-11/h6-10H,5H2,1-4H3,(H,17,21). The van der Waals surface area contributed by atoms with Crippen molar-refractivity contribution < 1.29 is 9.53 Å². The summed E-state index contributed by atoms with van der Waals surface area (Å²) in [6, 6.07) is 6.45. The Kier molecular flexibility index (Phi) is 5.18. The van der Waals surface area contributed by atoms with Crippen molar-refractivity contribution in [2.75, 3.05) is 7.11 Å². The summed E-state index contributed by atoms with van der Waals surface area (Å²) in [4.78, 5) is 36.7. The molecule has 0 aliphatic heterocycles. The summed E-state index contributed by atoms with van der Waals surface area (Å²) in [7, 11) is 2.84. The smallest absolute Gasteiger partial charge is 0.351 e. The highest BCUT2D eigenvalue weighted by Crippen LogP contribution is 2.12. The summed E-state index contributed by atoms with van der Waals surface area (Å²) in [5.74, 6) is 0.0126. The Labute approximate surface area is 138 Å². The number of carbonyl (C=O) groups is 1. The van der Waals surface area contributed by atoms with Gasteiger partial charge in [-0.05, 0) is 37.6 Å². The van der Waals surface area contributed by atoms with E-state index in [0.29, 0.717) is 17.9 Å².